The van der Waals surface area contributed by atoms with Gasteiger partial charge in [-0.2, -0.15) is 0 Å². The number of aromatic hydroxyl groups is 1. The molecular weight excluding hydrogens is 682 g/mol. The molecule has 1 aliphatic carbocycles. The summed E-state index contributed by atoms with van der Waals surface area (Å²) in [6.45, 7) is 11.0. The number of carbonyl (C=O) groups excluding carboxylic acids is 5. The Hall–Kier alpha value is -4.70. The van der Waals surface area contributed by atoms with Gasteiger partial charge in [0.25, 0.3) is 11.7 Å². The summed E-state index contributed by atoms with van der Waals surface area (Å²) >= 11 is 0. The fourth-order valence-electron chi connectivity index (χ4n) is 7.81. The van der Waals surface area contributed by atoms with Crippen molar-refractivity contribution in [2.24, 2.45) is 22.7 Å². The van der Waals surface area contributed by atoms with Crippen molar-refractivity contribution in [3.8, 4) is 11.5 Å². The van der Waals surface area contributed by atoms with Crippen LogP contribution in [0.3, 0.4) is 0 Å². The molecular formula is C37H39NO14. The monoisotopic (exact) mass is 721 g/mol. The highest BCUT2D eigenvalue weighted by atomic mass is 16.7. The molecule has 1 amide bonds. The molecule has 3 saturated heterocycles. The molecule has 11 atom stereocenters. The van der Waals surface area contributed by atoms with Crippen LogP contribution >= 0.6 is 0 Å². The van der Waals surface area contributed by atoms with Gasteiger partial charge in [0.1, 0.15) is 35.0 Å². The molecule has 3 fully saturated rings. The molecule has 0 radical (unpaired) electrons. The fraction of sp³-hybridized carbons (Fsp3) is 0.514. The molecule has 0 saturated carbocycles. The van der Waals surface area contributed by atoms with Crippen molar-refractivity contribution in [1.82, 2.24) is 0 Å². The predicted octanol–water partition coefficient (Wildman–Crippen LogP) is 2.78. The number of aliphatic imine (C=N–C) groups is 1. The van der Waals surface area contributed by atoms with Crippen molar-refractivity contribution in [1.29, 1.82) is 0 Å². The normalized spacial score (nSPS) is 41.4. The number of phenols is 1. The van der Waals surface area contributed by atoms with Crippen molar-refractivity contribution in [3.05, 3.63) is 58.6 Å². The maximum atomic E-state index is 14.1. The number of allylic oxidation sites excluding steroid dienone is 1. The zero-order valence-corrected chi connectivity index (χ0v) is 29.5. The summed E-state index contributed by atoms with van der Waals surface area (Å²) in [6, 6.07) is 0. The first-order chi connectivity index (χ1) is 24.4. The number of amides is 1. The number of aliphatic hydroxyl groups excluding tert-OH is 2. The molecule has 6 heterocycles. The van der Waals surface area contributed by atoms with Crippen molar-refractivity contribution in [2.45, 2.75) is 96.0 Å². The van der Waals surface area contributed by atoms with Gasteiger partial charge in [0.15, 0.2) is 11.4 Å². The van der Waals surface area contributed by atoms with Gasteiger partial charge in [-0.05, 0) is 26.0 Å². The van der Waals surface area contributed by atoms with E-state index in [4.69, 9.17) is 28.4 Å². The molecule has 11 unspecified atom stereocenters. The third kappa shape index (κ3) is 5.16. The second kappa shape index (κ2) is 11.9. The largest absolute Gasteiger partial charge is 0.515 e. The Kier molecular flexibility index (Phi) is 8.18. The van der Waals surface area contributed by atoms with Gasteiger partial charge < -0.3 is 43.7 Å². The Morgan fingerprint density at radius 1 is 1.02 bits per heavy atom. The standard InChI is InChI=1S/C37H39NO14/c1-14-20-9-11-47-36(7)33(45)24-22-23(26(41)15(2)31(24)52-36)28(43)25(19(12-39)27(22)42)38-34(46)35(6)21(51-35)8-10-37(13-48-37)32(44)17(4)30(50-20)16(3)29(14)49-18(5)40/h8-12,14,16-17,20-21,29-30,32,39,41,44H,13H2,1-7H3/b10-8+,11-9+,19-12-,38-25?. The number of rotatable bonds is 1. The summed E-state index contributed by atoms with van der Waals surface area (Å²) in [6.07, 6.45) is 2.08. The van der Waals surface area contributed by atoms with Crippen LogP contribution in [-0.4, -0.2) is 104 Å². The summed E-state index contributed by atoms with van der Waals surface area (Å²) in [7, 11) is 0. The number of ether oxygens (including phenoxy) is 6. The lowest BCUT2D eigenvalue weighted by Gasteiger charge is -2.46. The molecule has 1 aromatic carbocycles. The summed E-state index contributed by atoms with van der Waals surface area (Å²) in [5, 5.41) is 33.0. The lowest BCUT2D eigenvalue weighted by Crippen LogP contribution is -2.55. The zero-order valence-electron chi connectivity index (χ0n) is 29.5. The van der Waals surface area contributed by atoms with E-state index in [0.717, 1.165) is 0 Å². The Morgan fingerprint density at radius 3 is 2.35 bits per heavy atom. The quantitative estimate of drug-likeness (QED) is 0.125. The average Bonchev–Trinajstić information content (AvgIpc) is 4.00. The van der Waals surface area contributed by atoms with E-state index >= 15 is 0 Å². The van der Waals surface area contributed by atoms with Crippen LogP contribution in [0.2, 0.25) is 0 Å². The van der Waals surface area contributed by atoms with E-state index < -0.39 is 117 Å². The summed E-state index contributed by atoms with van der Waals surface area (Å²) in [4.78, 5) is 71.5. The smallest absolute Gasteiger partial charge is 0.312 e. The van der Waals surface area contributed by atoms with Gasteiger partial charge >= 0.3 is 11.8 Å². The van der Waals surface area contributed by atoms with Crippen molar-refractivity contribution in [3.63, 3.8) is 0 Å². The summed E-state index contributed by atoms with van der Waals surface area (Å²) in [5.41, 5.74) is -5.73. The third-order valence-electron chi connectivity index (χ3n) is 11.2. The Bertz CT molecular complexity index is 1960. The minimum Gasteiger partial charge on any atom is -0.515 e. The minimum absolute atomic E-state index is 0.0585. The van der Waals surface area contributed by atoms with Crippen LogP contribution in [0, 0.1) is 24.7 Å². The van der Waals surface area contributed by atoms with Crippen molar-refractivity contribution in [2.75, 3.05) is 6.61 Å². The highest BCUT2D eigenvalue weighted by Crippen LogP contribution is 2.49. The van der Waals surface area contributed by atoms with Crippen LogP contribution in [0.4, 0.5) is 0 Å². The maximum Gasteiger partial charge on any atom is 0.312 e. The van der Waals surface area contributed by atoms with Gasteiger partial charge in [0, 0.05) is 37.2 Å². The van der Waals surface area contributed by atoms with E-state index in [9.17, 15) is 39.3 Å². The SMILES string of the molecule is CC(=O)OC1C(C)C2/C=C/OC3(C)Oc4c(C)c(O)c5c(c4C3=O)C(=O)/C(=C\O)C(=NC(=O)C3(C)OC3/C=C/C3(CO3)C(O)C(C)C(O2)C1C)C5=O. The molecule has 276 valence electrons. The molecule has 6 aliphatic heterocycles. The van der Waals surface area contributed by atoms with E-state index in [1.54, 1.807) is 13.0 Å². The first kappa shape index (κ1) is 35.7. The Labute approximate surface area is 297 Å². The number of nitrogens with zero attached hydrogens (tertiary/aromatic N) is 1. The summed E-state index contributed by atoms with van der Waals surface area (Å²) < 4.78 is 35.5. The molecule has 3 N–H and O–H groups in total. The van der Waals surface area contributed by atoms with E-state index in [1.807, 2.05) is 13.8 Å². The second-order valence-electron chi connectivity index (χ2n) is 14.6. The van der Waals surface area contributed by atoms with Crippen molar-refractivity contribution >= 4 is 34.9 Å². The van der Waals surface area contributed by atoms with Crippen LogP contribution in [0.1, 0.15) is 78.2 Å². The van der Waals surface area contributed by atoms with Crippen LogP contribution in [0.25, 0.3) is 0 Å². The molecule has 7 aliphatic rings. The highest BCUT2D eigenvalue weighted by Gasteiger charge is 2.61. The zero-order chi connectivity index (χ0) is 37.8. The minimum atomic E-state index is -2.10. The van der Waals surface area contributed by atoms with Crippen molar-refractivity contribution < 1.29 is 67.7 Å². The molecule has 8 rings (SSSR count). The number of ketones is 3. The summed E-state index contributed by atoms with van der Waals surface area (Å²) in [5.74, 6) is -8.88. The fourth-order valence-corrected chi connectivity index (χ4v) is 7.81. The van der Waals surface area contributed by atoms with Crippen LogP contribution in [-0.2, 0) is 33.3 Å². The first-order valence-corrected chi connectivity index (χ1v) is 17.0. The van der Waals surface area contributed by atoms with Gasteiger partial charge in [-0.15, -0.1) is 0 Å². The lowest BCUT2D eigenvalue weighted by molar-refractivity contribution is -0.197. The van der Waals surface area contributed by atoms with E-state index in [2.05, 4.69) is 4.99 Å². The maximum absolute atomic E-state index is 14.1. The van der Waals surface area contributed by atoms with Crippen LogP contribution in [0.15, 0.2) is 41.3 Å². The van der Waals surface area contributed by atoms with Gasteiger partial charge in [-0.3, -0.25) is 24.0 Å². The molecule has 15 heteroatoms. The first-order valence-electron chi connectivity index (χ1n) is 17.0. The number of Topliss-reactive ketones (excluding diaryl/α,β-unsaturated/α-hetero) is 3. The number of epoxide rings is 2. The predicted molar refractivity (Wildman–Crippen MR) is 177 cm³/mol. The molecule has 1 spiro atoms. The lowest BCUT2D eigenvalue weighted by atomic mass is 9.75. The molecule has 1 aromatic rings. The van der Waals surface area contributed by atoms with Gasteiger partial charge in [-0.25, -0.2) is 4.99 Å². The van der Waals surface area contributed by atoms with Gasteiger partial charge in [0.2, 0.25) is 5.78 Å². The number of esters is 1. The second-order valence-corrected chi connectivity index (χ2v) is 14.6. The average molecular weight is 722 g/mol. The number of fused-ring (bicyclic) bond motifs is 4. The topological polar surface area (TPSA) is 220 Å². The molecule has 52 heavy (non-hydrogen) atoms. The number of benzene rings is 1. The van der Waals surface area contributed by atoms with E-state index in [-0.39, 0.29) is 29.4 Å². The Morgan fingerprint density at radius 2 is 1.71 bits per heavy atom. The molecule has 0 aromatic heterocycles. The number of carbonyl (C=O) groups is 5. The van der Waals surface area contributed by atoms with Gasteiger partial charge in [0.05, 0.1) is 59.7 Å². The van der Waals surface area contributed by atoms with E-state index in [0.29, 0.717) is 6.26 Å². The molecule has 15 nitrogen and oxygen atoms in total. The van der Waals surface area contributed by atoms with Crippen LogP contribution < -0.4 is 4.74 Å². The third-order valence-corrected chi connectivity index (χ3v) is 11.2. The number of hydrogen-bond acceptors (Lipinski definition) is 14. The van der Waals surface area contributed by atoms with Gasteiger partial charge in [-0.1, -0.05) is 26.8 Å². The number of phenolic OH excluding ortho intramolecular Hbond substituents is 1. The molecule has 7 bridgehead atoms. The van der Waals surface area contributed by atoms with E-state index in [1.165, 1.54) is 46.1 Å². The number of hydrogen-bond donors (Lipinski definition) is 3. The highest BCUT2D eigenvalue weighted by molar-refractivity contribution is 6.63. The number of aliphatic hydroxyl groups is 2. The Balaban J connectivity index is 1.36. The van der Waals surface area contributed by atoms with Crippen LogP contribution in [0.5, 0.6) is 11.5 Å².